The Labute approximate surface area is 130 Å². The minimum atomic E-state index is -0.462. The van der Waals surface area contributed by atoms with E-state index in [-0.39, 0.29) is 11.8 Å². The number of carbonyl (C=O) groups excluding carboxylic acids is 1. The number of carbonyl (C=O) groups is 1. The molecule has 0 bridgehead atoms. The molecule has 1 aliphatic rings. The number of piperidine rings is 1. The second kappa shape index (κ2) is 6.14. The van der Waals surface area contributed by atoms with E-state index in [1.165, 1.54) is 0 Å². The molecule has 1 amide bonds. The third-order valence-electron chi connectivity index (χ3n) is 3.59. The van der Waals surface area contributed by atoms with Gasteiger partial charge in [0, 0.05) is 13.1 Å². The molecule has 1 saturated heterocycles. The first kappa shape index (κ1) is 16.0. The van der Waals surface area contributed by atoms with Crippen LogP contribution in [0.15, 0.2) is 18.2 Å². The molecule has 1 N–H and O–H groups in total. The highest BCUT2D eigenvalue weighted by atomic mass is 35.5. The zero-order valence-corrected chi connectivity index (χ0v) is 13.5. The fourth-order valence-corrected chi connectivity index (χ4v) is 2.62. The molecule has 0 saturated carbocycles. The van der Waals surface area contributed by atoms with Gasteiger partial charge in [0.15, 0.2) is 0 Å². The number of phenolic OH excluding ortho intramolecular Hbond substituents is 1. The van der Waals surface area contributed by atoms with Crippen LogP contribution in [0.4, 0.5) is 4.79 Å². The first-order valence-electron chi connectivity index (χ1n) is 7.22. The van der Waals surface area contributed by atoms with Gasteiger partial charge in [0.05, 0.1) is 5.02 Å². The highest BCUT2D eigenvalue weighted by molar-refractivity contribution is 6.32. The molecule has 5 heteroatoms. The van der Waals surface area contributed by atoms with Crippen LogP contribution in [0.2, 0.25) is 5.02 Å². The average Bonchev–Trinajstić information content (AvgIpc) is 2.40. The van der Waals surface area contributed by atoms with E-state index in [1.54, 1.807) is 17.0 Å². The Bertz CT molecular complexity index is 517. The van der Waals surface area contributed by atoms with Gasteiger partial charge in [0.1, 0.15) is 11.4 Å². The maximum atomic E-state index is 12.0. The molecule has 0 radical (unpaired) electrons. The number of nitrogens with zero attached hydrogens (tertiary/aromatic N) is 1. The predicted octanol–water partition coefficient (Wildman–Crippen LogP) is 4.16. The first-order chi connectivity index (χ1) is 9.76. The van der Waals surface area contributed by atoms with Crippen molar-refractivity contribution in [1.29, 1.82) is 0 Å². The highest BCUT2D eigenvalue weighted by Crippen LogP contribution is 2.33. The highest BCUT2D eigenvalue weighted by Gasteiger charge is 2.27. The standard InChI is InChI=1S/C16H22ClNO3/c1-16(2,3)21-15(20)18-8-6-11(7-9-18)12-4-5-13(17)14(19)10-12/h4-5,10-11,19H,6-9H2,1-3H3. The van der Waals surface area contributed by atoms with Gasteiger partial charge < -0.3 is 14.7 Å². The Morgan fingerprint density at radius 1 is 1.33 bits per heavy atom. The number of halogens is 1. The molecule has 0 aromatic heterocycles. The molecule has 2 rings (SSSR count). The van der Waals surface area contributed by atoms with Crippen molar-refractivity contribution >= 4 is 17.7 Å². The summed E-state index contributed by atoms with van der Waals surface area (Å²) in [6, 6.07) is 5.37. The fourth-order valence-electron chi connectivity index (χ4n) is 2.51. The van der Waals surface area contributed by atoms with E-state index >= 15 is 0 Å². The number of benzene rings is 1. The number of ether oxygens (including phenoxy) is 1. The van der Waals surface area contributed by atoms with Crippen LogP contribution in [0.25, 0.3) is 0 Å². The summed E-state index contributed by atoms with van der Waals surface area (Å²) in [7, 11) is 0. The van der Waals surface area contributed by atoms with E-state index in [0.29, 0.717) is 24.0 Å². The summed E-state index contributed by atoms with van der Waals surface area (Å²) in [4.78, 5) is 13.7. The summed E-state index contributed by atoms with van der Waals surface area (Å²) in [6.45, 7) is 6.95. The lowest BCUT2D eigenvalue weighted by Crippen LogP contribution is -2.41. The largest absolute Gasteiger partial charge is 0.506 e. The Hall–Kier alpha value is -1.42. The van der Waals surface area contributed by atoms with Crippen molar-refractivity contribution < 1.29 is 14.6 Å². The molecule has 1 aliphatic heterocycles. The third-order valence-corrected chi connectivity index (χ3v) is 3.91. The predicted molar refractivity (Wildman–Crippen MR) is 82.9 cm³/mol. The first-order valence-corrected chi connectivity index (χ1v) is 7.60. The van der Waals surface area contributed by atoms with Crippen LogP contribution >= 0.6 is 11.6 Å². The van der Waals surface area contributed by atoms with Gasteiger partial charge in [-0.1, -0.05) is 17.7 Å². The second-order valence-electron chi connectivity index (χ2n) is 6.45. The van der Waals surface area contributed by atoms with Gasteiger partial charge in [-0.05, 0) is 57.2 Å². The number of hydrogen-bond acceptors (Lipinski definition) is 3. The van der Waals surface area contributed by atoms with Gasteiger partial charge >= 0.3 is 6.09 Å². The van der Waals surface area contributed by atoms with Gasteiger partial charge in [-0.3, -0.25) is 0 Å². The smallest absolute Gasteiger partial charge is 0.410 e. The Balaban J connectivity index is 1.94. The third kappa shape index (κ3) is 4.27. The van der Waals surface area contributed by atoms with Crippen molar-refractivity contribution in [3.05, 3.63) is 28.8 Å². The van der Waals surface area contributed by atoms with Crippen molar-refractivity contribution in [3.63, 3.8) is 0 Å². The van der Waals surface area contributed by atoms with Crippen molar-refractivity contribution in [3.8, 4) is 5.75 Å². The maximum Gasteiger partial charge on any atom is 0.410 e. The van der Waals surface area contributed by atoms with Crippen LogP contribution < -0.4 is 0 Å². The lowest BCUT2D eigenvalue weighted by Gasteiger charge is -2.33. The van der Waals surface area contributed by atoms with Gasteiger partial charge in [0.25, 0.3) is 0 Å². The average molecular weight is 312 g/mol. The van der Waals surface area contributed by atoms with E-state index in [4.69, 9.17) is 16.3 Å². The van der Waals surface area contributed by atoms with Crippen LogP contribution in [0.3, 0.4) is 0 Å². The second-order valence-corrected chi connectivity index (χ2v) is 6.86. The molecule has 21 heavy (non-hydrogen) atoms. The number of rotatable bonds is 1. The van der Waals surface area contributed by atoms with Gasteiger partial charge in [-0.15, -0.1) is 0 Å². The van der Waals surface area contributed by atoms with Crippen molar-refractivity contribution in [2.24, 2.45) is 0 Å². The Morgan fingerprint density at radius 2 is 1.95 bits per heavy atom. The zero-order chi connectivity index (χ0) is 15.6. The van der Waals surface area contributed by atoms with Crippen molar-refractivity contribution in [2.45, 2.75) is 45.1 Å². The summed E-state index contributed by atoms with van der Waals surface area (Å²) in [5.74, 6) is 0.454. The van der Waals surface area contributed by atoms with Crippen molar-refractivity contribution in [2.75, 3.05) is 13.1 Å². The monoisotopic (exact) mass is 311 g/mol. The summed E-state index contributed by atoms with van der Waals surface area (Å²) in [5.41, 5.74) is 0.608. The molecule has 1 fully saturated rings. The van der Waals surface area contributed by atoms with Crippen LogP contribution in [0.5, 0.6) is 5.75 Å². The zero-order valence-electron chi connectivity index (χ0n) is 12.7. The topological polar surface area (TPSA) is 49.8 Å². The normalized spacial score (nSPS) is 16.9. The quantitative estimate of drug-likeness (QED) is 0.847. The van der Waals surface area contributed by atoms with Crippen LogP contribution in [0, 0.1) is 0 Å². The molecule has 0 aliphatic carbocycles. The van der Waals surface area contributed by atoms with E-state index < -0.39 is 5.60 Å². The SMILES string of the molecule is CC(C)(C)OC(=O)N1CCC(c2ccc(Cl)c(O)c2)CC1. The molecule has 1 heterocycles. The summed E-state index contributed by atoms with van der Waals surface area (Å²) >= 11 is 5.83. The Morgan fingerprint density at radius 3 is 2.48 bits per heavy atom. The number of phenols is 1. The molecule has 4 nitrogen and oxygen atoms in total. The molecule has 0 unspecified atom stereocenters. The molecular formula is C16H22ClNO3. The molecule has 0 atom stereocenters. The summed E-state index contributed by atoms with van der Waals surface area (Å²) < 4.78 is 5.38. The van der Waals surface area contributed by atoms with Gasteiger partial charge in [-0.2, -0.15) is 0 Å². The number of likely N-dealkylation sites (tertiary alicyclic amines) is 1. The van der Waals surface area contributed by atoms with Gasteiger partial charge in [0.2, 0.25) is 0 Å². The minimum absolute atomic E-state index is 0.115. The minimum Gasteiger partial charge on any atom is -0.506 e. The Kier molecular flexibility index (Phi) is 4.67. The fraction of sp³-hybridized carbons (Fsp3) is 0.562. The molecule has 1 aromatic rings. The number of aromatic hydroxyl groups is 1. The summed E-state index contributed by atoms with van der Waals surface area (Å²) in [6.07, 6.45) is 1.47. The van der Waals surface area contributed by atoms with E-state index in [1.807, 2.05) is 26.8 Å². The molecule has 0 spiro atoms. The van der Waals surface area contributed by atoms with Crippen molar-refractivity contribution in [1.82, 2.24) is 4.90 Å². The summed E-state index contributed by atoms with van der Waals surface area (Å²) in [5, 5.41) is 10.0. The van der Waals surface area contributed by atoms with Crippen LogP contribution in [-0.4, -0.2) is 34.8 Å². The van der Waals surface area contributed by atoms with Crippen LogP contribution in [-0.2, 0) is 4.74 Å². The number of amides is 1. The maximum absolute atomic E-state index is 12.0. The lowest BCUT2D eigenvalue weighted by atomic mass is 9.89. The lowest BCUT2D eigenvalue weighted by molar-refractivity contribution is 0.0205. The molecule has 116 valence electrons. The molecule has 1 aromatic carbocycles. The van der Waals surface area contributed by atoms with E-state index in [2.05, 4.69) is 0 Å². The number of hydrogen-bond donors (Lipinski definition) is 1. The van der Waals surface area contributed by atoms with Crippen LogP contribution in [0.1, 0.15) is 45.1 Å². The van der Waals surface area contributed by atoms with E-state index in [9.17, 15) is 9.90 Å². The van der Waals surface area contributed by atoms with Gasteiger partial charge in [-0.25, -0.2) is 4.79 Å². The molecular weight excluding hydrogens is 290 g/mol. The van der Waals surface area contributed by atoms with E-state index in [0.717, 1.165) is 18.4 Å².